The molecule has 0 aliphatic carbocycles. The zero-order valence-corrected chi connectivity index (χ0v) is 18.1. The number of hydrogen-bond acceptors (Lipinski definition) is 6. The largest absolute Gasteiger partial charge is 0.352 e. The van der Waals surface area contributed by atoms with Crippen molar-refractivity contribution in [3.05, 3.63) is 59.7 Å². The highest BCUT2D eigenvalue weighted by molar-refractivity contribution is 5.85. The molecule has 0 radical (unpaired) electrons. The molecule has 1 fully saturated rings. The van der Waals surface area contributed by atoms with Crippen molar-refractivity contribution in [1.82, 2.24) is 24.6 Å². The first-order valence-corrected chi connectivity index (χ1v) is 9.88. The van der Waals surface area contributed by atoms with Crippen LogP contribution in [0.25, 0.3) is 11.3 Å². The number of aryl methyl sites for hydroxylation is 1. The molecule has 0 unspecified atom stereocenters. The van der Waals surface area contributed by atoms with E-state index in [0.717, 1.165) is 55.4 Å². The van der Waals surface area contributed by atoms with Gasteiger partial charge in [-0.3, -0.25) is 14.6 Å². The van der Waals surface area contributed by atoms with Gasteiger partial charge in [-0.25, -0.2) is 4.98 Å². The van der Waals surface area contributed by atoms with Crippen molar-refractivity contribution < 1.29 is 0 Å². The Balaban J connectivity index is 0.00000256. The molecule has 0 atom stereocenters. The van der Waals surface area contributed by atoms with Gasteiger partial charge in [-0.15, -0.1) is 12.4 Å². The highest BCUT2D eigenvalue weighted by Crippen LogP contribution is 2.28. The Morgan fingerprint density at radius 3 is 2.37 bits per heavy atom. The maximum Gasteiger partial charge on any atom is 0.155 e. The number of piperazine rings is 1. The first-order chi connectivity index (χ1) is 14.2. The summed E-state index contributed by atoms with van der Waals surface area (Å²) in [4.78, 5) is 14.0. The lowest BCUT2D eigenvalue weighted by molar-refractivity contribution is 0.249. The zero-order chi connectivity index (χ0) is 20.2. The molecule has 1 saturated heterocycles. The monoisotopic (exact) mass is 423 g/mol. The second-order valence-corrected chi connectivity index (χ2v) is 7.40. The molecular weight excluding hydrogens is 398 g/mol. The molecule has 0 saturated carbocycles. The molecular formula is C22H26ClN7. The Morgan fingerprint density at radius 2 is 1.73 bits per heavy atom. The molecule has 0 amide bonds. The molecule has 30 heavy (non-hydrogen) atoms. The van der Waals surface area contributed by atoms with Crippen molar-refractivity contribution in [3.8, 4) is 17.3 Å². The summed E-state index contributed by atoms with van der Waals surface area (Å²) >= 11 is 0. The van der Waals surface area contributed by atoms with Crippen molar-refractivity contribution in [2.75, 3.05) is 31.1 Å². The third-order valence-electron chi connectivity index (χ3n) is 5.59. The Bertz CT molecular complexity index is 1010. The van der Waals surface area contributed by atoms with Crippen LogP contribution in [0.4, 0.5) is 5.82 Å². The van der Waals surface area contributed by atoms with Crippen LogP contribution in [0.5, 0.6) is 0 Å². The van der Waals surface area contributed by atoms with Crippen LogP contribution in [-0.4, -0.2) is 50.8 Å². The van der Waals surface area contributed by atoms with E-state index < -0.39 is 0 Å². The molecule has 1 aliphatic heterocycles. The van der Waals surface area contributed by atoms with E-state index in [1.807, 2.05) is 42.2 Å². The normalized spacial score (nSPS) is 14.2. The lowest BCUT2D eigenvalue weighted by Crippen LogP contribution is -2.46. The van der Waals surface area contributed by atoms with E-state index in [2.05, 4.69) is 37.9 Å². The van der Waals surface area contributed by atoms with Crippen molar-refractivity contribution in [3.63, 3.8) is 0 Å². The molecule has 3 aromatic rings. The van der Waals surface area contributed by atoms with Gasteiger partial charge in [-0.05, 0) is 12.5 Å². The lowest BCUT2D eigenvalue weighted by Gasteiger charge is -2.35. The fourth-order valence-electron chi connectivity index (χ4n) is 3.70. The van der Waals surface area contributed by atoms with Gasteiger partial charge in [0.15, 0.2) is 5.82 Å². The molecule has 2 aromatic heterocycles. The molecule has 156 valence electrons. The summed E-state index contributed by atoms with van der Waals surface area (Å²) in [6.45, 7) is 6.83. The molecule has 0 N–H and O–H groups in total. The minimum Gasteiger partial charge on any atom is -0.352 e. The number of nitriles is 1. The number of aromatic nitrogens is 4. The van der Waals surface area contributed by atoms with E-state index in [4.69, 9.17) is 5.26 Å². The third-order valence-corrected chi connectivity index (χ3v) is 5.59. The molecule has 0 bridgehead atoms. The van der Waals surface area contributed by atoms with Gasteiger partial charge in [0.1, 0.15) is 5.69 Å². The number of anilines is 1. The van der Waals surface area contributed by atoms with Gasteiger partial charge in [0.05, 0.1) is 18.7 Å². The summed E-state index contributed by atoms with van der Waals surface area (Å²) in [5, 5.41) is 13.2. The van der Waals surface area contributed by atoms with Crippen LogP contribution in [0.1, 0.15) is 16.8 Å². The Hall–Kier alpha value is -2.95. The van der Waals surface area contributed by atoms with Gasteiger partial charge in [-0.1, -0.05) is 24.3 Å². The standard InChI is InChI=1S/C22H25N7.ClH/c1-17-20(15-26-27(17)2)16-28-11-13-29(14-12-28)22-21(24-9-10-25-22)19-5-3-18(4-6-19)7-8-23;/h3-6,9-10,15H,7,11-14,16H2,1-2H3;1H. The summed E-state index contributed by atoms with van der Waals surface area (Å²) in [7, 11) is 1.99. The van der Waals surface area contributed by atoms with E-state index in [1.54, 1.807) is 12.4 Å². The minimum atomic E-state index is 0. The van der Waals surface area contributed by atoms with E-state index in [-0.39, 0.29) is 12.4 Å². The van der Waals surface area contributed by atoms with Gasteiger partial charge >= 0.3 is 0 Å². The Morgan fingerprint density at radius 1 is 1.03 bits per heavy atom. The van der Waals surface area contributed by atoms with Gasteiger partial charge in [-0.2, -0.15) is 10.4 Å². The van der Waals surface area contributed by atoms with Crippen molar-refractivity contribution in [2.45, 2.75) is 19.9 Å². The summed E-state index contributed by atoms with van der Waals surface area (Å²) < 4.78 is 1.93. The number of halogens is 1. The topological polar surface area (TPSA) is 73.9 Å². The minimum absolute atomic E-state index is 0. The summed E-state index contributed by atoms with van der Waals surface area (Å²) in [6.07, 6.45) is 5.89. The maximum atomic E-state index is 8.86. The van der Waals surface area contributed by atoms with Crippen LogP contribution in [0.2, 0.25) is 0 Å². The van der Waals surface area contributed by atoms with Crippen LogP contribution in [0, 0.1) is 18.3 Å². The first kappa shape index (κ1) is 21.8. The van der Waals surface area contributed by atoms with E-state index in [9.17, 15) is 0 Å². The van der Waals surface area contributed by atoms with Gasteiger partial charge < -0.3 is 4.90 Å². The number of rotatable bonds is 5. The van der Waals surface area contributed by atoms with Gasteiger partial charge in [0, 0.05) is 69.0 Å². The van der Waals surface area contributed by atoms with Gasteiger partial charge in [0.2, 0.25) is 0 Å². The molecule has 1 aliphatic rings. The number of nitrogens with zero attached hydrogens (tertiary/aromatic N) is 7. The fraction of sp³-hybridized carbons (Fsp3) is 0.364. The summed E-state index contributed by atoms with van der Waals surface area (Å²) in [6, 6.07) is 10.2. The fourth-order valence-corrected chi connectivity index (χ4v) is 3.70. The number of hydrogen-bond donors (Lipinski definition) is 0. The smallest absolute Gasteiger partial charge is 0.155 e. The van der Waals surface area contributed by atoms with E-state index in [0.29, 0.717) is 6.42 Å². The van der Waals surface area contributed by atoms with Crippen LogP contribution >= 0.6 is 12.4 Å². The third kappa shape index (κ3) is 4.61. The molecule has 0 spiro atoms. The average molecular weight is 424 g/mol. The summed E-state index contributed by atoms with van der Waals surface area (Å²) in [5.74, 6) is 0.928. The quantitative estimate of drug-likeness (QED) is 0.628. The van der Waals surface area contributed by atoms with E-state index in [1.165, 1.54) is 11.3 Å². The Labute approximate surface area is 183 Å². The summed E-state index contributed by atoms with van der Waals surface area (Å²) in [5.41, 5.74) is 5.46. The molecule has 3 heterocycles. The highest BCUT2D eigenvalue weighted by Gasteiger charge is 2.22. The van der Waals surface area contributed by atoms with Gasteiger partial charge in [0.25, 0.3) is 0 Å². The molecule has 1 aromatic carbocycles. The SMILES string of the molecule is Cc1c(CN2CCN(c3nccnc3-c3ccc(CC#N)cc3)CC2)cnn1C.Cl. The molecule has 7 nitrogen and oxygen atoms in total. The van der Waals surface area contributed by atoms with E-state index >= 15 is 0 Å². The second-order valence-electron chi connectivity index (χ2n) is 7.40. The highest BCUT2D eigenvalue weighted by atomic mass is 35.5. The van der Waals surface area contributed by atoms with Crippen LogP contribution in [0.15, 0.2) is 42.9 Å². The Kier molecular flexibility index (Phi) is 7.03. The predicted molar refractivity (Wildman–Crippen MR) is 119 cm³/mol. The lowest BCUT2D eigenvalue weighted by atomic mass is 10.1. The molecule has 8 heteroatoms. The maximum absolute atomic E-state index is 8.86. The van der Waals surface area contributed by atoms with Crippen LogP contribution < -0.4 is 4.90 Å². The van der Waals surface area contributed by atoms with Crippen LogP contribution in [0.3, 0.4) is 0 Å². The van der Waals surface area contributed by atoms with Crippen molar-refractivity contribution >= 4 is 18.2 Å². The van der Waals surface area contributed by atoms with Crippen molar-refractivity contribution in [2.24, 2.45) is 7.05 Å². The molecule has 4 rings (SSSR count). The average Bonchev–Trinajstić information content (AvgIpc) is 3.07. The zero-order valence-electron chi connectivity index (χ0n) is 17.3. The van der Waals surface area contributed by atoms with Crippen LogP contribution in [-0.2, 0) is 20.0 Å². The van der Waals surface area contributed by atoms with Crippen molar-refractivity contribution in [1.29, 1.82) is 5.26 Å². The predicted octanol–water partition coefficient (Wildman–Crippen LogP) is 3.00. The number of benzene rings is 1. The second kappa shape index (κ2) is 9.70. The first-order valence-electron chi connectivity index (χ1n) is 9.88.